The van der Waals surface area contributed by atoms with Crippen LogP contribution in [0.2, 0.25) is 0 Å². The Kier molecular flexibility index (Phi) is 3.89. The van der Waals surface area contributed by atoms with E-state index in [9.17, 15) is 4.39 Å². The maximum atomic E-state index is 13.1. The molecule has 0 fully saturated rings. The molecule has 0 saturated carbocycles. The number of aliphatic hydroxyl groups excluding tert-OH is 1. The summed E-state index contributed by atoms with van der Waals surface area (Å²) in [6.45, 7) is 1.77. The molecule has 1 aromatic rings. The number of benzene rings is 1. The van der Waals surface area contributed by atoms with Crippen LogP contribution in [0.4, 0.5) is 4.39 Å². The summed E-state index contributed by atoms with van der Waals surface area (Å²) in [4.78, 5) is 0. The van der Waals surface area contributed by atoms with E-state index in [1.54, 1.807) is 0 Å². The van der Waals surface area contributed by atoms with E-state index in [-0.39, 0.29) is 18.3 Å². The molecule has 0 radical (unpaired) electrons. The molecule has 0 bridgehead atoms. The minimum atomic E-state index is -0.340. The average molecular weight is 263 g/mol. The van der Waals surface area contributed by atoms with Crippen LogP contribution in [0.5, 0.6) is 5.75 Å². The maximum absolute atomic E-state index is 13.1. The third-order valence-electron chi connectivity index (χ3n) is 2.05. The smallest absolute Gasteiger partial charge is 0.136 e. The van der Waals surface area contributed by atoms with Gasteiger partial charge in [-0.2, -0.15) is 0 Å². The zero-order valence-electron chi connectivity index (χ0n) is 8.05. The Morgan fingerprint density at radius 3 is 2.71 bits per heavy atom. The molecule has 0 aliphatic heterocycles. The molecule has 2 nitrogen and oxygen atoms in total. The van der Waals surface area contributed by atoms with E-state index in [0.29, 0.717) is 15.8 Å². The highest BCUT2D eigenvalue weighted by Gasteiger charge is 2.15. The van der Waals surface area contributed by atoms with Crippen LogP contribution in [-0.2, 0) is 0 Å². The van der Waals surface area contributed by atoms with Crippen LogP contribution in [0.25, 0.3) is 0 Å². The molecule has 0 heterocycles. The highest BCUT2D eigenvalue weighted by atomic mass is 79.9. The number of rotatable bonds is 3. The van der Waals surface area contributed by atoms with E-state index in [1.165, 1.54) is 19.2 Å². The van der Waals surface area contributed by atoms with Crippen molar-refractivity contribution in [2.75, 3.05) is 13.7 Å². The molecule has 0 saturated heterocycles. The van der Waals surface area contributed by atoms with E-state index >= 15 is 0 Å². The van der Waals surface area contributed by atoms with Crippen molar-refractivity contribution in [1.29, 1.82) is 0 Å². The number of methoxy groups -OCH3 is 1. The largest absolute Gasteiger partial charge is 0.495 e. The fourth-order valence-corrected chi connectivity index (χ4v) is 1.87. The Labute approximate surface area is 90.8 Å². The standard InChI is InChI=1S/C10H12BrFO2/c1-6(5-13)8-3-7(12)4-9(11)10(8)14-2/h3-4,6,13H,5H2,1-2H3/t6-/m1/s1. The second-order valence-corrected chi connectivity index (χ2v) is 3.95. The molecular formula is C10H12BrFO2. The molecular weight excluding hydrogens is 251 g/mol. The van der Waals surface area contributed by atoms with E-state index in [1.807, 2.05) is 6.92 Å². The summed E-state index contributed by atoms with van der Waals surface area (Å²) in [6.07, 6.45) is 0. The van der Waals surface area contributed by atoms with Crippen molar-refractivity contribution < 1.29 is 14.2 Å². The van der Waals surface area contributed by atoms with Gasteiger partial charge in [0.15, 0.2) is 0 Å². The topological polar surface area (TPSA) is 29.5 Å². The van der Waals surface area contributed by atoms with Gasteiger partial charge in [-0.3, -0.25) is 0 Å². The molecule has 0 aliphatic rings. The Morgan fingerprint density at radius 2 is 2.21 bits per heavy atom. The van der Waals surface area contributed by atoms with Gasteiger partial charge in [-0.25, -0.2) is 4.39 Å². The summed E-state index contributed by atoms with van der Waals surface area (Å²) in [7, 11) is 1.52. The summed E-state index contributed by atoms with van der Waals surface area (Å²) in [6, 6.07) is 2.72. The SMILES string of the molecule is COc1c(Br)cc(F)cc1[C@H](C)CO. The molecule has 1 atom stereocenters. The Balaban J connectivity index is 3.24. The van der Waals surface area contributed by atoms with Gasteiger partial charge >= 0.3 is 0 Å². The van der Waals surface area contributed by atoms with Gasteiger partial charge in [-0.15, -0.1) is 0 Å². The van der Waals surface area contributed by atoms with Gasteiger partial charge in [-0.05, 0) is 28.1 Å². The molecule has 14 heavy (non-hydrogen) atoms. The third kappa shape index (κ3) is 2.25. The lowest BCUT2D eigenvalue weighted by Crippen LogP contribution is -2.03. The number of ether oxygens (including phenoxy) is 1. The first kappa shape index (κ1) is 11.5. The predicted molar refractivity (Wildman–Crippen MR) is 56.2 cm³/mol. The van der Waals surface area contributed by atoms with Crippen molar-refractivity contribution in [3.05, 3.63) is 28.0 Å². The number of halogens is 2. The zero-order valence-corrected chi connectivity index (χ0v) is 9.64. The van der Waals surface area contributed by atoms with Gasteiger partial charge in [0.05, 0.1) is 11.6 Å². The first-order valence-electron chi connectivity index (χ1n) is 4.24. The van der Waals surface area contributed by atoms with Gasteiger partial charge < -0.3 is 9.84 Å². The van der Waals surface area contributed by atoms with Crippen molar-refractivity contribution in [1.82, 2.24) is 0 Å². The molecule has 0 spiro atoms. The maximum Gasteiger partial charge on any atom is 0.136 e. The lowest BCUT2D eigenvalue weighted by atomic mass is 10.0. The van der Waals surface area contributed by atoms with Gasteiger partial charge in [0.2, 0.25) is 0 Å². The normalized spacial score (nSPS) is 12.6. The summed E-state index contributed by atoms with van der Waals surface area (Å²) in [5.74, 6) is 0.0953. The molecule has 1 aromatic carbocycles. The minimum absolute atomic E-state index is 0.0355. The molecule has 4 heteroatoms. The Morgan fingerprint density at radius 1 is 1.57 bits per heavy atom. The number of aliphatic hydroxyl groups is 1. The van der Waals surface area contributed by atoms with Crippen LogP contribution in [-0.4, -0.2) is 18.8 Å². The molecule has 0 aromatic heterocycles. The van der Waals surface area contributed by atoms with Crippen LogP contribution in [0.15, 0.2) is 16.6 Å². The van der Waals surface area contributed by atoms with Crippen molar-refractivity contribution in [3.63, 3.8) is 0 Å². The molecule has 78 valence electrons. The minimum Gasteiger partial charge on any atom is -0.495 e. The molecule has 0 unspecified atom stereocenters. The van der Waals surface area contributed by atoms with Crippen LogP contribution in [0, 0.1) is 5.82 Å². The summed E-state index contributed by atoms with van der Waals surface area (Å²) >= 11 is 3.21. The van der Waals surface area contributed by atoms with E-state index in [0.717, 1.165) is 0 Å². The second kappa shape index (κ2) is 4.75. The first-order chi connectivity index (χ1) is 6.60. The Bertz CT molecular complexity index is 328. The Hall–Kier alpha value is -0.610. The van der Waals surface area contributed by atoms with Crippen LogP contribution < -0.4 is 4.74 Å². The first-order valence-corrected chi connectivity index (χ1v) is 5.03. The van der Waals surface area contributed by atoms with Crippen molar-refractivity contribution in [2.45, 2.75) is 12.8 Å². The molecule has 1 rings (SSSR count). The summed E-state index contributed by atoms with van der Waals surface area (Å²) < 4.78 is 18.8. The van der Waals surface area contributed by atoms with E-state index < -0.39 is 0 Å². The third-order valence-corrected chi connectivity index (χ3v) is 2.64. The quantitative estimate of drug-likeness (QED) is 0.908. The lowest BCUT2D eigenvalue weighted by Gasteiger charge is -2.14. The number of hydrogen-bond acceptors (Lipinski definition) is 2. The fourth-order valence-electron chi connectivity index (χ4n) is 1.26. The van der Waals surface area contributed by atoms with Crippen LogP contribution in [0.3, 0.4) is 0 Å². The van der Waals surface area contributed by atoms with Gasteiger partial charge in [0.25, 0.3) is 0 Å². The van der Waals surface area contributed by atoms with E-state index in [4.69, 9.17) is 9.84 Å². The van der Waals surface area contributed by atoms with Gasteiger partial charge in [-0.1, -0.05) is 6.92 Å². The lowest BCUT2D eigenvalue weighted by molar-refractivity contribution is 0.269. The van der Waals surface area contributed by atoms with Crippen LogP contribution in [0.1, 0.15) is 18.4 Å². The molecule has 0 amide bonds. The number of hydrogen-bond donors (Lipinski definition) is 1. The van der Waals surface area contributed by atoms with Crippen LogP contribution >= 0.6 is 15.9 Å². The van der Waals surface area contributed by atoms with Gasteiger partial charge in [0, 0.05) is 18.1 Å². The average Bonchev–Trinajstić information content (AvgIpc) is 2.15. The predicted octanol–water partition coefficient (Wildman–Crippen LogP) is 2.69. The summed E-state index contributed by atoms with van der Waals surface area (Å²) in [5, 5.41) is 9.00. The van der Waals surface area contributed by atoms with E-state index in [2.05, 4.69) is 15.9 Å². The second-order valence-electron chi connectivity index (χ2n) is 3.09. The highest BCUT2D eigenvalue weighted by Crippen LogP contribution is 2.34. The monoisotopic (exact) mass is 262 g/mol. The van der Waals surface area contributed by atoms with Crippen molar-refractivity contribution >= 4 is 15.9 Å². The van der Waals surface area contributed by atoms with Crippen molar-refractivity contribution in [3.8, 4) is 5.75 Å². The fraction of sp³-hybridized carbons (Fsp3) is 0.400. The molecule has 0 aliphatic carbocycles. The highest BCUT2D eigenvalue weighted by molar-refractivity contribution is 9.10. The summed E-state index contributed by atoms with van der Waals surface area (Å²) in [5.41, 5.74) is 0.668. The molecule has 1 N–H and O–H groups in total. The zero-order chi connectivity index (χ0) is 10.7. The van der Waals surface area contributed by atoms with Crippen molar-refractivity contribution in [2.24, 2.45) is 0 Å². The van der Waals surface area contributed by atoms with Gasteiger partial charge in [0.1, 0.15) is 11.6 Å².